The number of nitrogens with one attached hydrogen (secondary N) is 1. The van der Waals surface area contributed by atoms with Gasteiger partial charge in [-0.05, 0) is 35.5 Å². The SMILES string of the molecule is CC(N)CC(=O)Nc1cccc(-n2cnnn2)c1. The first-order valence-corrected chi connectivity index (χ1v) is 5.54. The molecule has 7 nitrogen and oxygen atoms in total. The molecule has 0 aliphatic carbocycles. The topological polar surface area (TPSA) is 98.7 Å². The number of benzene rings is 1. The zero-order chi connectivity index (χ0) is 13.0. The van der Waals surface area contributed by atoms with Crippen LogP contribution >= 0.6 is 0 Å². The lowest BCUT2D eigenvalue weighted by molar-refractivity contribution is -0.116. The first kappa shape index (κ1) is 12.2. The molecule has 0 fully saturated rings. The largest absolute Gasteiger partial charge is 0.327 e. The van der Waals surface area contributed by atoms with Crippen molar-refractivity contribution < 1.29 is 4.79 Å². The van der Waals surface area contributed by atoms with Crippen LogP contribution < -0.4 is 11.1 Å². The van der Waals surface area contributed by atoms with Crippen LogP contribution in [-0.2, 0) is 4.79 Å². The Labute approximate surface area is 104 Å². The highest BCUT2D eigenvalue weighted by Gasteiger charge is 2.06. The van der Waals surface area contributed by atoms with Crippen LogP contribution in [0.4, 0.5) is 5.69 Å². The second-order valence-corrected chi connectivity index (χ2v) is 4.03. The molecule has 3 N–H and O–H groups in total. The van der Waals surface area contributed by atoms with E-state index in [0.717, 1.165) is 5.69 Å². The molecule has 7 heteroatoms. The third-order valence-corrected chi connectivity index (χ3v) is 2.25. The Kier molecular flexibility index (Phi) is 3.63. The molecule has 18 heavy (non-hydrogen) atoms. The van der Waals surface area contributed by atoms with Gasteiger partial charge in [-0.1, -0.05) is 6.07 Å². The summed E-state index contributed by atoms with van der Waals surface area (Å²) in [6.07, 6.45) is 1.78. The molecule has 1 aromatic carbocycles. The first-order chi connectivity index (χ1) is 8.65. The van der Waals surface area contributed by atoms with E-state index in [9.17, 15) is 4.79 Å². The number of hydrogen-bond donors (Lipinski definition) is 2. The van der Waals surface area contributed by atoms with Gasteiger partial charge in [0.2, 0.25) is 5.91 Å². The molecule has 2 rings (SSSR count). The van der Waals surface area contributed by atoms with Crippen molar-refractivity contribution in [2.24, 2.45) is 5.73 Å². The minimum absolute atomic E-state index is 0.112. The Bertz CT molecular complexity index is 522. The Hall–Kier alpha value is -2.28. The molecule has 0 saturated carbocycles. The van der Waals surface area contributed by atoms with Crippen molar-refractivity contribution in [1.29, 1.82) is 0 Å². The average molecular weight is 246 g/mol. The second-order valence-electron chi connectivity index (χ2n) is 4.03. The molecule has 0 aliphatic heterocycles. The summed E-state index contributed by atoms with van der Waals surface area (Å²) in [6.45, 7) is 1.79. The highest BCUT2D eigenvalue weighted by molar-refractivity contribution is 5.91. The highest BCUT2D eigenvalue weighted by atomic mass is 16.1. The monoisotopic (exact) mass is 246 g/mol. The molecule has 0 saturated heterocycles. The van der Waals surface area contributed by atoms with Gasteiger partial charge in [0.05, 0.1) is 5.69 Å². The summed E-state index contributed by atoms with van der Waals surface area (Å²) in [4.78, 5) is 11.6. The van der Waals surface area contributed by atoms with Crippen LogP contribution in [0.25, 0.3) is 5.69 Å². The predicted molar refractivity (Wildman–Crippen MR) is 66.1 cm³/mol. The molecule has 2 aromatic rings. The molecule has 1 amide bonds. The van der Waals surface area contributed by atoms with Crippen LogP contribution in [0.15, 0.2) is 30.6 Å². The van der Waals surface area contributed by atoms with E-state index in [4.69, 9.17) is 5.73 Å². The van der Waals surface area contributed by atoms with Crippen molar-refractivity contribution in [3.8, 4) is 5.69 Å². The molecule has 0 bridgehead atoms. The number of anilines is 1. The maximum absolute atomic E-state index is 11.6. The zero-order valence-electron chi connectivity index (χ0n) is 9.95. The van der Waals surface area contributed by atoms with E-state index in [0.29, 0.717) is 5.69 Å². The number of hydrogen-bond acceptors (Lipinski definition) is 5. The quantitative estimate of drug-likeness (QED) is 0.810. The van der Waals surface area contributed by atoms with Crippen LogP contribution in [0.5, 0.6) is 0 Å². The van der Waals surface area contributed by atoms with Crippen molar-refractivity contribution in [1.82, 2.24) is 20.2 Å². The van der Waals surface area contributed by atoms with Gasteiger partial charge in [-0.15, -0.1) is 5.10 Å². The Balaban J connectivity index is 2.11. The summed E-state index contributed by atoms with van der Waals surface area (Å²) in [5.74, 6) is -0.112. The molecule has 1 unspecified atom stereocenters. The number of carbonyl (C=O) groups excluding carboxylic acids is 1. The fourth-order valence-corrected chi connectivity index (χ4v) is 1.51. The summed E-state index contributed by atoms with van der Waals surface area (Å²) < 4.78 is 1.52. The third-order valence-electron chi connectivity index (χ3n) is 2.25. The first-order valence-electron chi connectivity index (χ1n) is 5.54. The van der Waals surface area contributed by atoms with Crippen molar-refractivity contribution in [3.05, 3.63) is 30.6 Å². The number of carbonyl (C=O) groups is 1. The summed E-state index contributed by atoms with van der Waals surface area (Å²) in [7, 11) is 0. The second kappa shape index (κ2) is 5.37. The van der Waals surface area contributed by atoms with Gasteiger partial charge < -0.3 is 11.1 Å². The molecule has 1 atom stereocenters. The Morgan fingerprint density at radius 1 is 1.56 bits per heavy atom. The van der Waals surface area contributed by atoms with Gasteiger partial charge in [0.1, 0.15) is 6.33 Å². The molecule has 0 aliphatic rings. The highest BCUT2D eigenvalue weighted by Crippen LogP contribution is 2.13. The van der Waals surface area contributed by atoms with E-state index in [-0.39, 0.29) is 18.4 Å². The van der Waals surface area contributed by atoms with Gasteiger partial charge >= 0.3 is 0 Å². The summed E-state index contributed by atoms with van der Waals surface area (Å²) in [5.41, 5.74) is 7.03. The number of amides is 1. The van der Waals surface area contributed by atoms with Gasteiger partial charge in [-0.25, -0.2) is 4.68 Å². The number of aromatic nitrogens is 4. The van der Waals surface area contributed by atoms with Crippen LogP contribution in [0.2, 0.25) is 0 Å². The van der Waals surface area contributed by atoms with Crippen LogP contribution in [0.3, 0.4) is 0 Å². The van der Waals surface area contributed by atoms with E-state index in [2.05, 4.69) is 20.8 Å². The minimum atomic E-state index is -0.160. The van der Waals surface area contributed by atoms with E-state index in [1.807, 2.05) is 12.1 Å². The van der Waals surface area contributed by atoms with Crippen LogP contribution in [-0.4, -0.2) is 32.2 Å². The van der Waals surface area contributed by atoms with Crippen LogP contribution in [0, 0.1) is 0 Å². The summed E-state index contributed by atoms with van der Waals surface area (Å²) >= 11 is 0. The summed E-state index contributed by atoms with van der Waals surface area (Å²) in [6, 6.07) is 7.09. The average Bonchev–Trinajstić information content (AvgIpc) is 2.81. The smallest absolute Gasteiger partial charge is 0.225 e. The zero-order valence-corrected chi connectivity index (χ0v) is 9.95. The Morgan fingerprint density at radius 2 is 2.39 bits per heavy atom. The molecule has 0 spiro atoms. The van der Waals surface area contributed by atoms with E-state index in [1.165, 1.54) is 11.0 Å². The molecule has 1 aromatic heterocycles. The van der Waals surface area contributed by atoms with Gasteiger partial charge in [-0.2, -0.15) is 0 Å². The van der Waals surface area contributed by atoms with Crippen LogP contribution in [0.1, 0.15) is 13.3 Å². The molecule has 94 valence electrons. The van der Waals surface area contributed by atoms with E-state index < -0.39 is 0 Å². The van der Waals surface area contributed by atoms with Gasteiger partial charge in [0.15, 0.2) is 0 Å². The number of rotatable bonds is 4. The maximum atomic E-state index is 11.6. The fourth-order valence-electron chi connectivity index (χ4n) is 1.51. The lowest BCUT2D eigenvalue weighted by Crippen LogP contribution is -2.24. The standard InChI is InChI=1S/C11H14N6O/c1-8(12)5-11(18)14-9-3-2-4-10(6-9)17-7-13-15-16-17/h2-4,6-8H,5,12H2,1H3,(H,14,18). The minimum Gasteiger partial charge on any atom is -0.327 e. The number of tetrazole rings is 1. The fraction of sp³-hybridized carbons (Fsp3) is 0.273. The number of nitrogens with two attached hydrogens (primary N) is 1. The third kappa shape index (κ3) is 3.11. The van der Waals surface area contributed by atoms with E-state index in [1.54, 1.807) is 19.1 Å². The van der Waals surface area contributed by atoms with Crippen molar-refractivity contribution in [2.45, 2.75) is 19.4 Å². The normalized spacial score (nSPS) is 12.1. The van der Waals surface area contributed by atoms with Crippen molar-refractivity contribution >= 4 is 11.6 Å². The van der Waals surface area contributed by atoms with Crippen molar-refractivity contribution in [3.63, 3.8) is 0 Å². The van der Waals surface area contributed by atoms with Crippen molar-refractivity contribution in [2.75, 3.05) is 5.32 Å². The molecular weight excluding hydrogens is 232 g/mol. The summed E-state index contributed by atoms with van der Waals surface area (Å²) in [5, 5.41) is 13.7. The number of nitrogens with zero attached hydrogens (tertiary/aromatic N) is 4. The van der Waals surface area contributed by atoms with E-state index >= 15 is 0 Å². The van der Waals surface area contributed by atoms with Gasteiger partial charge in [0.25, 0.3) is 0 Å². The molecule has 0 radical (unpaired) electrons. The molecular formula is C11H14N6O. The Morgan fingerprint density at radius 3 is 3.06 bits per heavy atom. The lowest BCUT2D eigenvalue weighted by Gasteiger charge is -2.08. The van der Waals surface area contributed by atoms with Gasteiger partial charge in [0, 0.05) is 18.2 Å². The lowest BCUT2D eigenvalue weighted by atomic mass is 10.2. The molecule has 1 heterocycles. The van der Waals surface area contributed by atoms with Gasteiger partial charge in [-0.3, -0.25) is 4.79 Å². The predicted octanol–water partition coefficient (Wildman–Crippen LogP) is 0.338. The maximum Gasteiger partial charge on any atom is 0.225 e.